The van der Waals surface area contributed by atoms with E-state index in [9.17, 15) is 13.0 Å². The highest BCUT2D eigenvalue weighted by atomic mass is 32.2. The first kappa shape index (κ1) is 15.0. The van der Waals surface area contributed by atoms with E-state index in [1.54, 1.807) is 6.07 Å². The van der Waals surface area contributed by atoms with E-state index in [1.165, 1.54) is 6.07 Å². The quantitative estimate of drug-likeness (QED) is 0.856. The van der Waals surface area contributed by atoms with Crippen molar-refractivity contribution in [3.8, 4) is 0 Å². The van der Waals surface area contributed by atoms with Gasteiger partial charge in [-0.05, 0) is 34.4 Å². The average molecular weight is 292 g/mol. The Morgan fingerprint density at radius 1 is 0.900 bits per heavy atom. The molecule has 0 amide bonds. The maximum absolute atomic E-state index is 11.7. The van der Waals surface area contributed by atoms with Gasteiger partial charge >= 0.3 is 0 Å². The van der Waals surface area contributed by atoms with Crippen LogP contribution in [0.5, 0.6) is 0 Å². The van der Waals surface area contributed by atoms with E-state index in [2.05, 4.69) is 19.9 Å². The Bertz CT molecular complexity index is 744. The number of hydrogen-bond acceptors (Lipinski definition) is 2. The van der Waals surface area contributed by atoms with Crippen molar-refractivity contribution in [2.75, 3.05) is 0 Å². The minimum Gasteiger partial charge on any atom is -0.282 e. The van der Waals surface area contributed by atoms with Crippen molar-refractivity contribution < 1.29 is 13.0 Å². The van der Waals surface area contributed by atoms with Crippen LogP contribution < -0.4 is 0 Å². The normalized spacial score (nSPS) is 12.6. The summed E-state index contributed by atoms with van der Waals surface area (Å²) in [6.07, 6.45) is 0. The first-order valence-corrected chi connectivity index (χ1v) is 8.20. The fourth-order valence-corrected chi connectivity index (χ4v) is 3.36. The number of hydrogen-bond donors (Lipinski definition) is 1. The van der Waals surface area contributed by atoms with Crippen LogP contribution in [0, 0.1) is 0 Å². The number of benzene rings is 2. The third-order valence-corrected chi connectivity index (χ3v) is 4.49. The molecule has 4 heteroatoms. The minimum atomic E-state index is -4.23. The van der Waals surface area contributed by atoms with Crippen molar-refractivity contribution >= 4 is 20.9 Å². The van der Waals surface area contributed by atoms with Gasteiger partial charge in [0.15, 0.2) is 0 Å². The van der Waals surface area contributed by atoms with Crippen molar-refractivity contribution in [3.05, 3.63) is 41.5 Å². The first-order valence-electron chi connectivity index (χ1n) is 6.76. The maximum Gasteiger partial charge on any atom is 0.295 e. The summed E-state index contributed by atoms with van der Waals surface area (Å²) in [4.78, 5) is 0.00111. The van der Waals surface area contributed by atoms with Gasteiger partial charge in [0.1, 0.15) is 4.90 Å². The Balaban J connectivity index is 3.01. The Morgan fingerprint density at radius 3 is 1.95 bits per heavy atom. The highest BCUT2D eigenvalue weighted by Crippen LogP contribution is 2.35. The predicted molar refractivity (Wildman–Crippen MR) is 81.9 cm³/mol. The zero-order chi connectivity index (χ0) is 15.1. The van der Waals surface area contributed by atoms with Crippen molar-refractivity contribution in [2.45, 2.75) is 44.4 Å². The van der Waals surface area contributed by atoms with Crippen LogP contribution in [-0.4, -0.2) is 13.0 Å². The number of fused-ring (bicyclic) bond motifs is 1. The molecule has 0 aliphatic carbocycles. The summed E-state index contributed by atoms with van der Waals surface area (Å²) >= 11 is 0. The van der Waals surface area contributed by atoms with Crippen molar-refractivity contribution in [3.63, 3.8) is 0 Å². The highest BCUT2D eigenvalue weighted by molar-refractivity contribution is 7.86. The summed E-state index contributed by atoms with van der Waals surface area (Å²) in [5.41, 5.74) is 2.03. The molecular weight excluding hydrogens is 272 g/mol. The average Bonchev–Trinajstić information content (AvgIpc) is 2.34. The van der Waals surface area contributed by atoms with E-state index in [4.69, 9.17) is 0 Å². The smallest absolute Gasteiger partial charge is 0.282 e. The van der Waals surface area contributed by atoms with Gasteiger partial charge in [0.25, 0.3) is 10.1 Å². The second-order valence-electron chi connectivity index (χ2n) is 5.71. The second-order valence-corrected chi connectivity index (χ2v) is 7.10. The molecule has 2 aromatic rings. The zero-order valence-electron chi connectivity index (χ0n) is 12.2. The molecule has 0 fully saturated rings. The molecule has 20 heavy (non-hydrogen) atoms. The highest BCUT2D eigenvalue weighted by Gasteiger charge is 2.19. The molecule has 0 spiro atoms. The van der Waals surface area contributed by atoms with E-state index >= 15 is 0 Å². The molecule has 0 unspecified atom stereocenters. The van der Waals surface area contributed by atoms with Gasteiger partial charge in [-0.2, -0.15) is 8.42 Å². The van der Waals surface area contributed by atoms with Crippen LogP contribution in [0.4, 0.5) is 0 Å². The van der Waals surface area contributed by atoms with E-state index in [0.717, 1.165) is 16.5 Å². The molecule has 0 atom stereocenters. The van der Waals surface area contributed by atoms with Gasteiger partial charge in [0.2, 0.25) is 0 Å². The predicted octanol–water partition coefficient (Wildman–Crippen LogP) is 4.33. The lowest BCUT2D eigenvalue weighted by molar-refractivity contribution is 0.484. The summed E-state index contributed by atoms with van der Waals surface area (Å²) in [5, 5.41) is 1.55. The molecule has 2 rings (SSSR count). The van der Waals surface area contributed by atoms with Crippen LogP contribution in [0.2, 0.25) is 0 Å². The van der Waals surface area contributed by atoms with E-state index in [1.807, 2.05) is 26.0 Å². The third kappa shape index (κ3) is 2.58. The Kier molecular flexibility index (Phi) is 3.89. The molecule has 0 aromatic heterocycles. The SMILES string of the molecule is CC(C)c1ccc(C(C)C)c2c(S(=O)(=O)O)cccc12. The summed E-state index contributed by atoms with van der Waals surface area (Å²) in [6.45, 7) is 8.18. The lowest BCUT2D eigenvalue weighted by atomic mass is 9.89. The molecule has 108 valence electrons. The minimum absolute atomic E-state index is 0.00111. The monoisotopic (exact) mass is 292 g/mol. The Labute approximate surface area is 120 Å². The molecule has 0 bridgehead atoms. The van der Waals surface area contributed by atoms with Crippen LogP contribution in [0.3, 0.4) is 0 Å². The van der Waals surface area contributed by atoms with E-state index in [-0.39, 0.29) is 16.7 Å². The van der Waals surface area contributed by atoms with Gasteiger partial charge in [-0.25, -0.2) is 0 Å². The second kappa shape index (κ2) is 5.19. The van der Waals surface area contributed by atoms with Crippen LogP contribution in [0.1, 0.15) is 50.7 Å². The van der Waals surface area contributed by atoms with Crippen LogP contribution in [-0.2, 0) is 10.1 Å². The van der Waals surface area contributed by atoms with E-state index < -0.39 is 10.1 Å². The van der Waals surface area contributed by atoms with Gasteiger partial charge in [-0.15, -0.1) is 0 Å². The Morgan fingerprint density at radius 2 is 1.45 bits per heavy atom. The van der Waals surface area contributed by atoms with Crippen molar-refractivity contribution in [1.29, 1.82) is 0 Å². The lowest BCUT2D eigenvalue weighted by Crippen LogP contribution is -2.03. The molecule has 0 saturated carbocycles. The first-order chi connectivity index (χ1) is 9.23. The Hall–Kier alpha value is -1.39. The summed E-state index contributed by atoms with van der Waals surface area (Å²) < 4.78 is 32.8. The molecular formula is C16H20O3S. The molecule has 0 heterocycles. The van der Waals surface area contributed by atoms with Crippen molar-refractivity contribution in [2.24, 2.45) is 0 Å². The number of rotatable bonds is 3. The topological polar surface area (TPSA) is 54.4 Å². The molecule has 3 nitrogen and oxygen atoms in total. The molecule has 0 radical (unpaired) electrons. The fourth-order valence-electron chi connectivity index (χ4n) is 2.62. The van der Waals surface area contributed by atoms with Crippen LogP contribution >= 0.6 is 0 Å². The molecule has 0 aliphatic rings. The van der Waals surface area contributed by atoms with Gasteiger partial charge in [-0.3, -0.25) is 4.55 Å². The van der Waals surface area contributed by atoms with Gasteiger partial charge in [0.05, 0.1) is 0 Å². The maximum atomic E-state index is 11.7. The van der Waals surface area contributed by atoms with E-state index in [0.29, 0.717) is 5.39 Å². The summed E-state index contributed by atoms with van der Waals surface area (Å²) in [5.74, 6) is 0.469. The summed E-state index contributed by atoms with van der Waals surface area (Å²) in [6, 6.07) is 9.09. The molecule has 0 saturated heterocycles. The van der Waals surface area contributed by atoms with Gasteiger partial charge < -0.3 is 0 Å². The molecule has 2 aromatic carbocycles. The summed E-state index contributed by atoms with van der Waals surface area (Å²) in [7, 11) is -4.23. The van der Waals surface area contributed by atoms with Gasteiger partial charge in [-0.1, -0.05) is 52.0 Å². The van der Waals surface area contributed by atoms with Gasteiger partial charge in [0, 0.05) is 5.39 Å². The zero-order valence-corrected chi connectivity index (χ0v) is 13.0. The molecule has 1 N–H and O–H groups in total. The molecule has 0 aliphatic heterocycles. The van der Waals surface area contributed by atoms with Crippen LogP contribution in [0.25, 0.3) is 10.8 Å². The lowest BCUT2D eigenvalue weighted by Gasteiger charge is -2.17. The standard InChI is InChI=1S/C16H20O3S/c1-10(2)12-8-9-13(11(3)4)16-14(12)6-5-7-15(16)20(17,18)19/h5-11H,1-4H3,(H,17,18,19). The third-order valence-electron chi connectivity index (χ3n) is 3.59. The fraction of sp³-hybridized carbons (Fsp3) is 0.375. The largest absolute Gasteiger partial charge is 0.295 e. The van der Waals surface area contributed by atoms with Crippen LogP contribution in [0.15, 0.2) is 35.2 Å². The van der Waals surface area contributed by atoms with Crippen molar-refractivity contribution in [1.82, 2.24) is 0 Å².